The van der Waals surface area contributed by atoms with Crippen molar-refractivity contribution in [3.8, 4) is 11.6 Å². The van der Waals surface area contributed by atoms with Crippen molar-refractivity contribution in [3.63, 3.8) is 0 Å². The van der Waals surface area contributed by atoms with Gasteiger partial charge in [0.15, 0.2) is 5.65 Å². The average Bonchev–Trinajstić information content (AvgIpc) is 2.76. The summed E-state index contributed by atoms with van der Waals surface area (Å²) < 4.78 is 8.28. The second kappa shape index (κ2) is 4.79. The summed E-state index contributed by atoms with van der Waals surface area (Å²) in [5, 5.41) is 5.37. The molecule has 96 valence electrons. The second-order valence-electron chi connectivity index (χ2n) is 3.86. The Morgan fingerprint density at radius 2 is 2.16 bits per heavy atom. The van der Waals surface area contributed by atoms with Crippen molar-refractivity contribution in [1.29, 1.82) is 0 Å². The van der Waals surface area contributed by atoms with E-state index in [0.29, 0.717) is 22.3 Å². The quantitative estimate of drug-likeness (QED) is 0.716. The van der Waals surface area contributed by atoms with E-state index in [9.17, 15) is 0 Å². The van der Waals surface area contributed by atoms with Crippen LogP contribution in [-0.4, -0.2) is 19.7 Å². The minimum atomic E-state index is 0.433. The lowest BCUT2D eigenvalue weighted by Crippen LogP contribution is -1.94. The van der Waals surface area contributed by atoms with Crippen molar-refractivity contribution in [3.05, 3.63) is 40.2 Å². The molecule has 0 N–H and O–H groups in total. The van der Waals surface area contributed by atoms with Crippen LogP contribution in [0.2, 0.25) is 5.02 Å². The zero-order valence-electron chi connectivity index (χ0n) is 9.84. The molecule has 0 aliphatic rings. The molecule has 0 amide bonds. The fourth-order valence-electron chi connectivity index (χ4n) is 1.68. The molecule has 7 heteroatoms. The van der Waals surface area contributed by atoms with E-state index in [0.717, 1.165) is 9.86 Å². The van der Waals surface area contributed by atoms with Crippen LogP contribution in [0.3, 0.4) is 0 Å². The van der Waals surface area contributed by atoms with E-state index in [1.165, 1.54) is 6.33 Å². The smallest absolute Gasteiger partial charge is 0.233 e. The third-order valence-electron chi connectivity index (χ3n) is 2.59. The molecule has 0 spiro atoms. The summed E-state index contributed by atoms with van der Waals surface area (Å²) in [7, 11) is 1.81. The minimum absolute atomic E-state index is 0.433. The third-order valence-corrected chi connectivity index (χ3v) is 3.38. The summed E-state index contributed by atoms with van der Waals surface area (Å²) in [4.78, 5) is 8.27. The third kappa shape index (κ3) is 2.29. The van der Waals surface area contributed by atoms with Crippen LogP contribution in [-0.2, 0) is 7.05 Å². The van der Waals surface area contributed by atoms with Gasteiger partial charge in [-0.1, -0.05) is 27.5 Å². The Hall–Kier alpha value is -1.66. The summed E-state index contributed by atoms with van der Waals surface area (Å²) in [6, 6.07) is 5.39. The van der Waals surface area contributed by atoms with Crippen molar-refractivity contribution in [2.24, 2.45) is 7.05 Å². The van der Waals surface area contributed by atoms with E-state index < -0.39 is 0 Å². The van der Waals surface area contributed by atoms with Crippen LogP contribution < -0.4 is 4.74 Å². The summed E-state index contributed by atoms with van der Waals surface area (Å²) in [6.07, 6.45) is 3.10. The van der Waals surface area contributed by atoms with Crippen LogP contribution >= 0.6 is 27.5 Å². The molecule has 2 heterocycles. The number of rotatable bonds is 2. The Morgan fingerprint density at radius 3 is 2.95 bits per heavy atom. The Bertz CT molecular complexity index is 759. The molecule has 3 rings (SSSR count). The van der Waals surface area contributed by atoms with E-state index in [2.05, 4.69) is 31.0 Å². The highest BCUT2D eigenvalue weighted by Gasteiger charge is 2.11. The van der Waals surface area contributed by atoms with Crippen molar-refractivity contribution in [2.75, 3.05) is 0 Å². The standard InChI is InChI=1S/C12H8BrClN4O/c1-18-11-8(5-17-18)12(16-6-15-11)19-10-3-2-7(13)4-9(10)14/h2-6H,1H3. The largest absolute Gasteiger partial charge is 0.437 e. The van der Waals surface area contributed by atoms with Crippen LogP contribution in [0.15, 0.2) is 35.2 Å². The number of ether oxygens (including phenoxy) is 1. The Morgan fingerprint density at radius 1 is 1.32 bits per heavy atom. The Kier molecular flexibility index (Phi) is 3.12. The first-order valence-corrected chi connectivity index (χ1v) is 6.58. The number of hydrogen-bond acceptors (Lipinski definition) is 4. The van der Waals surface area contributed by atoms with Gasteiger partial charge < -0.3 is 4.74 Å². The number of nitrogens with zero attached hydrogens (tertiary/aromatic N) is 4. The molecule has 0 unspecified atom stereocenters. The van der Waals surface area contributed by atoms with E-state index in [1.54, 1.807) is 23.0 Å². The highest BCUT2D eigenvalue weighted by Crippen LogP contribution is 2.33. The van der Waals surface area contributed by atoms with Crippen molar-refractivity contribution in [1.82, 2.24) is 19.7 Å². The maximum absolute atomic E-state index is 6.12. The maximum atomic E-state index is 6.12. The molecule has 1 aromatic carbocycles. The van der Waals surface area contributed by atoms with Gasteiger partial charge in [-0.2, -0.15) is 5.10 Å². The van der Waals surface area contributed by atoms with Gasteiger partial charge in [0, 0.05) is 11.5 Å². The lowest BCUT2D eigenvalue weighted by molar-refractivity contribution is 0.468. The van der Waals surface area contributed by atoms with Crippen LogP contribution in [0, 0.1) is 0 Å². The zero-order valence-corrected chi connectivity index (χ0v) is 12.2. The molecule has 0 radical (unpaired) electrons. The van der Waals surface area contributed by atoms with E-state index >= 15 is 0 Å². The molecule has 0 aliphatic heterocycles. The van der Waals surface area contributed by atoms with E-state index in [-0.39, 0.29) is 0 Å². The number of aryl methyl sites for hydroxylation is 1. The molecular weight excluding hydrogens is 332 g/mol. The lowest BCUT2D eigenvalue weighted by atomic mass is 10.3. The van der Waals surface area contributed by atoms with Gasteiger partial charge in [0.2, 0.25) is 5.88 Å². The number of fused-ring (bicyclic) bond motifs is 1. The Labute approximate surface area is 122 Å². The molecular formula is C12H8BrClN4O. The highest BCUT2D eigenvalue weighted by molar-refractivity contribution is 9.10. The normalized spacial score (nSPS) is 10.9. The molecule has 0 atom stereocenters. The first-order chi connectivity index (χ1) is 9.15. The molecule has 2 aromatic heterocycles. The lowest BCUT2D eigenvalue weighted by Gasteiger charge is -2.07. The van der Waals surface area contributed by atoms with E-state index in [1.807, 2.05) is 13.1 Å². The summed E-state index contributed by atoms with van der Waals surface area (Å²) in [6.45, 7) is 0. The molecule has 5 nitrogen and oxygen atoms in total. The molecule has 3 aromatic rings. The average molecular weight is 340 g/mol. The van der Waals surface area contributed by atoms with Gasteiger partial charge in [-0.05, 0) is 18.2 Å². The number of hydrogen-bond donors (Lipinski definition) is 0. The van der Waals surface area contributed by atoms with Crippen LogP contribution in [0.5, 0.6) is 11.6 Å². The summed E-state index contributed by atoms with van der Waals surface area (Å²) in [5.41, 5.74) is 0.707. The first-order valence-electron chi connectivity index (χ1n) is 5.41. The molecule has 0 bridgehead atoms. The molecule has 0 fully saturated rings. The minimum Gasteiger partial charge on any atom is -0.437 e. The van der Waals surface area contributed by atoms with Gasteiger partial charge in [0.25, 0.3) is 0 Å². The van der Waals surface area contributed by atoms with Crippen LogP contribution in [0.1, 0.15) is 0 Å². The number of benzene rings is 1. The summed E-state index contributed by atoms with van der Waals surface area (Å²) in [5.74, 6) is 0.969. The van der Waals surface area contributed by atoms with Gasteiger partial charge in [-0.3, -0.25) is 4.68 Å². The van der Waals surface area contributed by atoms with Crippen molar-refractivity contribution < 1.29 is 4.74 Å². The van der Waals surface area contributed by atoms with Gasteiger partial charge in [0.05, 0.1) is 11.2 Å². The van der Waals surface area contributed by atoms with Crippen LogP contribution in [0.25, 0.3) is 11.0 Å². The second-order valence-corrected chi connectivity index (χ2v) is 5.18. The van der Waals surface area contributed by atoms with Gasteiger partial charge in [-0.15, -0.1) is 0 Å². The summed E-state index contributed by atoms with van der Waals surface area (Å²) >= 11 is 9.46. The number of halogens is 2. The monoisotopic (exact) mass is 338 g/mol. The maximum Gasteiger partial charge on any atom is 0.233 e. The SMILES string of the molecule is Cn1ncc2c(Oc3ccc(Br)cc3Cl)ncnc21. The van der Waals surface area contributed by atoms with E-state index in [4.69, 9.17) is 16.3 Å². The van der Waals surface area contributed by atoms with Gasteiger partial charge in [-0.25, -0.2) is 9.97 Å². The molecule has 0 saturated carbocycles. The predicted molar refractivity (Wildman–Crippen MR) is 75.5 cm³/mol. The Balaban J connectivity index is 2.06. The van der Waals surface area contributed by atoms with Gasteiger partial charge >= 0.3 is 0 Å². The number of aromatic nitrogens is 4. The highest BCUT2D eigenvalue weighted by atomic mass is 79.9. The molecule has 0 aliphatic carbocycles. The molecule has 19 heavy (non-hydrogen) atoms. The fourth-order valence-corrected chi connectivity index (χ4v) is 2.40. The van der Waals surface area contributed by atoms with Gasteiger partial charge in [0.1, 0.15) is 17.5 Å². The first kappa shape index (κ1) is 12.4. The predicted octanol–water partition coefficient (Wildman–Crippen LogP) is 3.57. The molecule has 0 saturated heterocycles. The van der Waals surface area contributed by atoms with Crippen LogP contribution in [0.4, 0.5) is 0 Å². The van der Waals surface area contributed by atoms with Crippen molar-refractivity contribution >= 4 is 38.6 Å². The topological polar surface area (TPSA) is 52.8 Å². The fraction of sp³-hybridized carbons (Fsp3) is 0.0833. The zero-order chi connectivity index (χ0) is 13.4. The van der Waals surface area contributed by atoms with Crippen molar-refractivity contribution in [2.45, 2.75) is 0 Å².